The summed E-state index contributed by atoms with van der Waals surface area (Å²) in [6.07, 6.45) is 1.48. The topological polar surface area (TPSA) is 88.1 Å². The number of hydrogen-bond donors (Lipinski definition) is 1. The van der Waals surface area contributed by atoms with Gasteiger partial charge < -0.3 is 4.74 Å². The molecule has 0 aliphatic heterocycles. The third-order valence-corrected chi connectivity index (χ3v) is 8.28. The Morgan fingerprint density at radius 3 is 2.33 bits per heavy atom. The van der Waals surface area contributed by atoms with Crippen LogP contribution in [0.4, 0.5) is 5.69 Å². The first-order valence-electron chi connectivity index (χ1n) is 12.6. The van der Waals surface area contributed by atoms with Crippen molar-refractivity contribution < 1.29 is 17.9 Å². The molecule has 0 aliphatic carbocycles. The molecule has 7 nitrogen and oxygen atoms in total. The summed E-state index contributed by atoms with van der Waals surface area (Å²) in [5, 5.41) is 4.67. The van der Waals surface area contributed by atoms with Gasteiger partial charge in [0, 0.05) is 5.02 Å². The van der Waals surface area contributed by atoms with Gasteiger partial charge in [0.25, 0.3) is 15.9 Å². The van der Waals surface area contributed by atoms with Gasteiger partial charge in [-0.1, -0.05) is 47.5 Å². The first-order valence-corrected chi connectivity index (χ1v) is 14.4. The van der Waals surface area contributed by atoms with E-state index < -0.39 is 22.5 Å². The van der Waals surface area contributed by atoms with E-state index in [4.69, 9.17) is 16.3 Å². The van der Waals surface area contributed by atoms with Crippen LogP contribution >= 0.6 is 11.6 Å². The van der Waals surface area contributed by atoms with Gasteiger partial charge in [0.2, 0.25) is 0 Å². The predicted octanol–water partition coefficient (Wildman–Crippen LogP) is 6.19. The van der Waals surface area contributed by atoms with Gasteiger partial charge >= 0.3 is 0 Å². The Morgan fingerprint density at radius 1 is 0.925 bits per heavy atom. The maximum Gasteiger partial charge on any atom is 0.264 e. The summed E-state index contributed by atoms with van der Waals surface area (Å²) in [7, 11) is -4.01. The SMILES string of the molecule is Cc1ccc(S(=O)(=O)N(CC(=O)N/N=C\c2ccc(OCc3cccc(Cl)c3)cc2)c2ccc(C)c(C)c2)cc1. The van der Waals surface area contributed by atoms with Gasteiger partial charge in [-0.15, -0.1) is 0 Å². The van der Waals surface area contributed by atoms with Crippen molar-refractivity contribution in [1.82, 2.24) is 5.43 Å². The van der Waals surface area contributed by atoms with Gasteiger partial charge in [-0.2, -0.15) is 5.10 Å². The van der Waals surface area contributed by atoms with Crippen LogP contribution in [-0.4, -0.2) is 27.1 Å². The lowest BCUT2D eigenvalue weighted by atomic mass is 10.1. The largest absolute Gasteiger partial charge is 0.489 e. The zero-order valence-corrected chi connectivity index (χ0v) is 24.0. The molecule has 0 bridgehead atoms. The molecular weight excluding hydrogens is 546 g/mol. The minimum absolute atomic E-state index is 0.102. The Balaban J connectivity index is 1.42. The lowest BCUT2D eigenvalue weighted by Crippen LogP contribution is -2.39. The summed E-state index contributed by atoms with van der Waals surface area (Å²) < 4.78 is 34.0. The van der Waals surface area contributed by atoms with Gasteiger partial charge in [0.05, 0.1) is 16.8 Å². The van der Waals surface area contributed by atoms with E-state index in [-0.39, 0.29) is 4.90 Å². The number of ether oxygens (including phenoxy) is 1. The van der Waals surface area contributed by atoms with E-state index in [1.165, 1.54) is 18.3 Å². The molecule has 0 radical (unpaired) electrons. The summed E-state index contributed by atoms with van der Waals surface area (Å²) >= 11 is 6.01. The summed E-state index contributed by atoms with van der Waals surface area (Å²) in [6.45, 7) is 5.66. The van der Waals surface area contributed by atoms with E-state index in [1.807, 2.05) is 51.1 Å². The quantitative estimate of drug-likeness (QED) is 0.180. The molecule has 1 N–H and O–H groups in total. The molecular formula is C31H30ClN3O4S. The van der Waals surface area contributed by atoms with Gasteiger partial charge in [0.1, 0.15) is 18.9 Å². The second-order valence-electron chi connectivity index (χ2n) is 9.37. The van der Waals surface area contributed by atoms with Crippen LogP contribution in [0, 0.1) is 20.8 Å². The number of halogens is 1. The van der Waals surface area contributed by atoms with Crippen LogP contribution in [0.15, 0.2) is 101 Å². The first-order chi connectivity index (χ1) is 19.1. The Morgan fingerprint density at radius 2 is 1.65 bits per heavy atom. The van der Waals surface area contributed by atoms with Crippen LogP contribution in [0.25, 0.3) is 0 Å². The Hall–Kier alpha value is -4.14. The van der Waals surface area contributed by atoms with E-state index in [2.05, 4.69) is 10.5 Å². The summed E-state index contributed by atoms with van der Waals surface area (Å²) in [5.41, 5.74) is 7.40. The molecule has 0 unspecified atom stereocenters. The maximum atomic E-state index is 13.6. The summed E-state index contributed by atoms with van der Waals surface area (Å²) in [4.78, 5) is 12.9. The molecule has 0 fully saturated rings. The smallest absolute Gasteiger partial charge is 0.264 e. The van der Waals surface area contributed by atoms with Crippen molar-refractivity contribution in [2.45, 2.75) is 32.3 Å². The second kappa shape index (κ2) is 12.8. The number of sulfonamides is 1. The molecule has 4 aromatic rings. The highest BCUT2D eigenvalue weighted by Crippen LogP contribution is 2.26. The number of carbonyl (C=O) groups is 1. The first kappa shape index (κ1) is 28.9. The van der Waals surface area contributed by atoms with Crippen LogP contribution in [-0.2, 0) is 21.4 Å². The van der Waals surface area contributed by atoms with Crippen molar-refractivity contribution in [3.63, 3.8) is 0 Å². The number of aryl methyl sites for hydroxylation is 3. The number of hydrogen-bond acceptors (Lipinski definition) is 5. The molecule has 206 valence electrons. The molecule has 1 amide bonds. The van der Waals surface area contributed by atoms with Gasteiger partial charge in [-0.25, -0.2) is 13.8 Å². The highest BCUT2D eigenvalue weighted by Gasteiger charge is 2.27. The molecule has 0 atom stereocenters. The van der Waals surface area contributed by atoms with E-state index in [1.54, 1.807) is 48.5 Å². The van der Waals surface area contributed by atoms with Gasteiger partial charge in [-0.3, -0.25) is 9.10 Å². The van der Waals surface area contributed by atoms with Crippen molar-refractivity contribution in [2.24, 2.45) is 5.10 Å². The van der Waals surface area contributed by atoms with E-state index in [0.29, 0.717) is 23.1 Å². The molecule has 0 spiro atoms. The van der Waals surface area contributed by atoms with Gasteiger partial charge in [-0.05, 0) is 104 Å². The average Bonchev–Trinajstić information content (AvgIpc) is 2.93. The second-order valence-corrected chi connectivity index (χ2v) is 11.7. The number of hydrazone groups is 1. The highest BCUT2D eigenvalue weighted by molar-refractivity contribution is 7.92. The maximum absolute atomic E-state index is 13.6. The predicted molar refractivity (Wildman–Crippen MR) is 160 cm³/mol. The minimum Gasteiger partial charge on any atom is -0.489 e. The Bertz CT molecular complexity index is 1620. The fraction of sp³-hybridized carbons (Fsp3) is 0.161. The number of carbonyl (C=O) groups excluding carboxylic acids is 1. The third-order valence-electron chi connectivity index (χ3n) is 6.25. The van der Waals surface area contributed by atoms with Gasteiger partial charge in [0.15, 0.2) is 0 Å². The van der Waals surface area contributed by atoms with Crippen molar-refractivity contribution in [3.8, 4) is 5.75 Å². The standard InChI is InChI=1S/C31H30ClN3O4S/c1-22-7-15-30(16-8-22)40(37,38)35(28-12-9-23(2)24(3)17-28)20-31(36)34-33-19-25-10-13-29(14-11-25)39-21-26-5-4-6-27(32)18-26/h4-19H,20-21H2,1-3H3,(H,34,36)/b33-19-. The number of nitrogens with one attached hydrogen (secondary N) is 1. The number of nitrogens with zero attached hydrogens (tertiary/aromatic N) is 2. The number of amides is 1. The van der Waals surface area contributed by atoms with Crippen molar-refractivity contribution in [2.75, 3.05) is 10.8 Å². The fourth-order valence-corrected chi connectivity index (χ4v) is 5.45. The normalized spacial score (nSPS) is 11.4. The van der Waals surface area contributed by atoms with E-state index in [0.717, 1.165) is 32.1 Å². The molecule has 0 aromatic heterocycles. The molecule has 0 heterocycles. The van der Waals surface area contributed by atoms with Crippen LogP contribution in [0.5, 0.6) is 5.75 Å². The van der Waals surface area contributed by atoms with E-state index >= 15 is 0 Å². The van der Waals surface area contributed by atoms with Crippen molar-refractivity contribution in [3.05, 3.63) is 124 Å². The van der Waals surface area contributed by atoms with Crippen molar-refractivity contribution in [1.29, 1.82) is 0 Å². The summed E-state index contributed by atoms with van der Waals surface area (Å²) in [5.74, 6) is 0.0955. The van der Waals surface area contributed by atoms with Crippen LogP contribution in [0.2, 0.25) is 5.02 Å². The average molecular weight is 576 g/mol. The monoisotopic (exact) mass is 575 g/mol. The minimum atomic E-state index is -4.01. The molecule has 4 aromatic carbocycles. The summed E-state index contributed by atoms with van der Waals surface area (Å²) in [6, 6.07) is 26.5. The Labute approximate surface area is 240 Å². The van der Waals surface area contributed by atoms with Crippen LogP contribution in [0.1, 0.15) is 27.8 Å². The lowest BCUT2D eigenvalue weighted by Gasteiger charge is -2.24. The van der Waals surface area contributed by atoms with E-state index in [9.17, 15) is 13.2 Å². The molecule has 40 heavy (non-hydrogen) atoms. The molecule has 9 heteroatoms. The fourth-order valence-electron chi connectivity index (χ4n) is 3.82. The lowest BCUT2D eigenvalue weighted by molar-refractivity contribution is -0.119. The van der Waals surface area contributed by atoms with Crippen LogP contribution < -0.4 is 14.5 Å². The third kappa shape index (κ3) is 7.49. The zero-order valence-electron chi connectivity index (χ0n) is 22.5. The molecule has 0 saturated carbocycles. The number of anilines is 1. The molecule has 4 rings (SSSR count). The zero-order chi connectivity index (χ0) is 28.7. The van der Waals surface area contributed by atoms with Crippen LogP contribution in [0.3, 0.4) is 0 Å². The Kier molecular flexibility index (Phi) is 9.24. The molecule has 0 aliphatic rings. The highest BCUT2D eigenvalue weighted by atomic mass is 35.5. The molecule has 0 saturated heterocycles. The number of benzene rings is 4. The number of rotatable bonds is 10. The van der Waals surface area contributed by atoms with Crippen molar-refractivity contribution >= 4 is 39.4 Å².